The molecule has 24 heavy (non-hydrogen) atoms. The summed E-state index contributed by atoms with van der Waals surface area (Å²) in [6.07, 6.45) is 0. The number of anilines is 1. The molecule has 3 N–H and O–H groups in total. The number of hydrogen-bond acceptors (Lipinski definition) is 5. The van der Waals surface area contributed by atoms with Crippen molar-refractivity contribution < 1.29 is 17.9 Å². The van der Waals surface area contributed by atoms with E-state index < -0.39 is 10.0 Å². The summed E-state index contributed by atoms with van der Waals surface area (Å²) in [5.41, 5.74) is 0.487. The topological polar surface area (TPSA) is 102 Å². The van der Waals surface area contributed by atoms with Gasteiger partial charge in [0.25, 0.3) is 0 Å². The molecule has 2 amide bonds. The lowest BCUT2D eigenvalue weighted by molar-refractivity contribution is 0.153. The molecule has 2 aromatic rings. The number of carbonyl (C=O) groups is 1. The largest absolute Gasteiger partial charge is 0.383 e. The van der Waals surface area contributed by atoms with E-state index in [1.165, 1.54) is 24.3 Å². The Morgan fingerprint density at radius 1 is 1.29 bits per heavy atom. The zero-order valence-corrected chi connectivity index (χ0v) is 14.8. The highest BCUT2D eigenvalue weighted by molar-refractivity contribution is 7.89. The average molecular weight is 369 g/mol. The highest BCUT2D eigenvalue weighted by Gasteiger charge is 2.15. The van der Waals surface area contributed by atoms with E-state index in [9.17, 15) is 13.2 Å². The smallest absolute Gasteiger partial charge is 0.322 e. The van der Waals surface area contributed by atoms with Gasteiger partial charge in [-0.25, -0.2) is 18.4 Å². The van der Waals surface area contributed by atoms with Gasteiger partial charge in [-0.2, -0.15) is 0 Å². The number of ether oxygens (including phenoxy) is 1. The first-order valence-electron chi connectivity index (χ1n) is 7.10. The lowest BCUT2D eigenvalue weighted by Crippen LogP contribution is -2.36. The lowest BCUT2D eigenvalue weighted by atomic mass is 10.3. The number of benzene rings is 1. The second-order valence-corrected chi connectivity index (χ2v) is 7.59. The summed E-state index contributed by atoms with van der Waals surface area (Å²) in [4.78, 5) is 15.1. The molecule has 130 valence electrons. The molecule has 0 unspecified atom stereocenters. The first-order chi connectivity index (χ1) is 11.4. The normalized spacial score (nSPS) is 11.2. The fourth-order valence-corrected chi connectivity index (χ4v) is 3.21. The van der Waals surface area contributed by atoms with Crippen molar-refractivity contribution in [3.8, 4) is 0 Å². The molecular weight excluding hydrogens is 350 g/mol. The third-order valence-electron chi connectivity index (χ3n) is 3.21. The van der Waals surface area contributed by atoms with Gasteiger partial charge >= 0.3 is 6.03 Å². The molecule has 0 saturated heterocycles. The first-order valence-corrected chi connectivity index (χ1v) is 9.53. The zero-order valence-electron chi connectivity index (χ0n) is 13.1. The van der Waals surface area contributed by atoms with Crippen molar-refractivity contribution in [3.05, 3.63) is 46.7 Å². The Kier molecular flexibility index (Phi) is 6.32. The van der Waals surface area contributed by atoms with E-state index in [1.54, 1.807) is 23.3 Å². The molecule has 1 aromatic carbocycles. The van der Waals surface area contributed by atoms with Gasteiger partial charge in [0.15, 0.2) is 0 Å². The van der Waals surface area contributed by atoms with Crippen molar-refractivity contribution in [1.29, 1.82) is 0 Å². The van der Waals surface area contributed by atoms with Crippen LogP contribution in [0.3, 0.4) is 0 Å². The van der Waals surface area contributed by atoms with Crippen LogP contribution in [-0.4, -0.2) is 39.6 Å². The van der Waals surface area contributed by atoms with E-state index in [4.69, 9.17) is 9.88 Å². The number of hydrogen-bond donors (Lipinski definition) is 2. The maximum absolute atomic E-state index is 12.4. The summed E-state index contributed by atoms with van der Waals surface area (Å²) in [5, 5.41) is 9.75. The van der Waals surface area contributed by atoms with Crippen LogP contribution in [0, 0.1) is 0 Å². The first kappa shape index (κ1) is 18.4. The van der Waals surface area contributed by atoms with Crippen LogP contribution in [0.2, 0.25) is 0 Å². The maximum Gasteiger partial charge on any atom is 0.322 e. The van der Waals surface area contributed by atoms with Gasteiger partial charge in [-0.05, 0) is 35.7 Å². The van der Waals surface area contributed by atoms with E-state index in [2.05, 4.69) is 5.32 Å². The molecule has 1 aromatic heterocycles. The second kappa shape index (κ2) is 8.25. The van der Waals surface area contributed by atoms with Gasteiger partial charge in [0.2, 0.25) is 10.0 Å². The Balaban J connectivity index is 2.06. The predicted octanol–water partition coefficient (Wildman–Crippen LogP) is 2.08. The molecule has 0 aliphatic rings. The molecular formula is C15H19N3O4S2. The minimum absolute atomic E-state index is 0.00433. The van der Waals surface area contributed by atoms with Crippen LogP contribution in [0.25, 0.3) is 0 Å². The molecule has 1 heterocycles. The van der Waals surface area contributed by atoms with E-state index >= 15 is 0 Å². The number of amides is 2. The molecule has 9 heteroatoms. The molecule has 0 bridgehead atoms. The number of carbonyl (C=O) groups excluding carboxylic acids is 1. The third-order valence-corrected chi connectivity index (χ3v) is 5.00. The van der Waals surface area contributed by atoms with Crippen LogP contribution >= 0.6 is 11.3 Å². The Bertz CT molecular complexity index is 759. The Morgan fingerprint density at radius 3 is 2.54 bits per heavy atom. The summed E-state index contributed by atoms with van der Waals surface area (Å²) in [6.45, 7) is 1.33. The van der Waals surface area contributed by atoms with Gasteiger partial charge in [0.05, 0.1) is 18.0 Å². The van der Waals surface area contributed by atoms with Crippen molar-refractivity contribution in [3.63, 3.8) is 0 Å². The maximum atomic E-state index is 12.4. The minimum Gasteiger partial charge on any atom is -0.383 e. The number of methoxy groups -OCH3 is 1. The van der Waals surface area contributed by atoms with E-state index in [-0.39, 0.29) is 10.9 Å². The van der Waals surface area contributed by atoms with Gasteiger partial charge < -0.3 is 15.0 Å². The highest BCUT2D eigenvalue weighted by atomic mass is 32.2. The van der Waals surface area contributed by atoms with Crippen LogP contribution < -0.4 is 10.5 Å². The van der Waals surface area contributed by atoms with Gasteiger partial charge in [0.1, 0.15) is 0 Å². The van der Waals surface area contributed by atoms with Crippen LogP contribution in [-0.2, 0) is 21.3 Å². The number of nitrogens with zero attached hydrogens (tertiary/aromatic N) is 1. The van der Waals surface area contributed by atoms with Crippen LogP contribution in [0.4, 0.5) is 10.5 Å². The molecule has 0 radical (unpaired) electrons. The lowest BCUT2D eigenvalue weighted by Gasteiger charge is -2.22. The number of rotatable bonds is 7. The zero-order chi connectivity index (χ0) is 17.6. The molecule has 0 atom stereocenters. The number of nitrogens with one attached hydrogen (secondary N) is 1. The van der Waals surface area contributed by atoms with Gasteiger partial charge in [-0.15, -0.1) is 11.3 Å². The quantitative estimate of drug-likeness (QED) is 0.780. The standard InChI is InChI=1S/C15H19N3O4S2/c1-22-9-8-18(11-13-3-2-10-23-13)15(19)17-12-4-6-14(7-5-12)24(16,20)21/h2-7,10H,8-9,11H2,1H3,(H,17,19)(H2,16,20,21). The van der Waals surface area contributed by atoms with E-state index in [0.29, 0.717) is 25.4 Å². The highest BCUT2D eigenvalue weighted by Crippen LogP contribution is 2.15. The molecule has 0 fully saturated rings. The van der Waals surface area contributed by atoms with Crippen molar-refractivity contribution in [2.45, 2.75) is 11.4 Å². The summed E-state index contributed by atoms with van der Waals surface area (Å²) in [5.74, 6) is 0. The monoisotopic (exact) mass is 369 g/mol. The number of sulfonamides is 1. The van der Waals surface area contributed by atoms with Crippen molar-refractivity contribution >= 4 is 33.1 Å². The Morgan fingerprint density at radius 2 is 2.00 bits per heavy atom. The summed E-state index contributed by atoms with van der Waals surface area (Å²) in [6, 6.07) is 9.29. The SMILES string of the molecule is COCCN(Cc1cccs1)C(=O)Nc1ccc(S(N)(=O)=O)cc1. The van der Waals surface area contributed by atoms with Gasteiger partial charge in [-0.3, -0.25) is 0 Å². The minimum atomic E-state index is -3.75. The van der Waals surface area contributed by atoms with Crippen molar-refractivity contribution in [1.82, 2.24) is 4.90 Å². The molecule has 0 spiro atoms. The predicted molar refractivity (Wildman–Crippen MR) is 93.4 cm³/mol. The summed E-state index contributed by atoms with van der Waals surface area (Å²) in [7, 11) is -2.17. The van der Waals surface area contributed by atoms with E-state index in [0.717, 1.165) is 4.88 Å². The van der Waals surface area contributed by atoms with Crippen LogP contribution in [0.5, 0.6) is 0 Å². The van der Waals surface area contributed by atoms with Crippen LogP contribution in [0.15, 0.2) is 46.7 Å². The second-order valence-electron chi connectivity index (χ2n) is 4.99. The molecule has 0 aliphatic heterocycles. The fourth-order valence-electron chi connectivity index (χ4n) is 1.98. The molecule has 0 aliphatic carbocycles. The molecule has 7 nitrogen and oxygen atoms in total. The third kappa shape index (κ3) is 5.31. The summed E-state index contributed by atoms with van der Waals surface area (Å²) < 4.78 is 27.5. The van der Waals surface area contributed by atoms with Gasteiger partial charge in [0, 0.05) is 24.2 Å². The fraction of sp³-hybridized carbons (Fsp3) is 0.267. The van der Waals surface area contributed by atoms with Gasteiger partial charge in [-0.1, -0.05) is 6.07 Å². The van der Waals surface area contributed by atoms with Crippen molar-refractivity contribution in [2.75, 3.05) is 25.6 Å². The van der Waals surface area contributed by atoms with E-state index in [1.807, 2.05) is 17.5 Å². The Labute approximate surface area is 145 Å². The van der Waals surface area contributed by atoms with Crippen LogP contribution in [0.1, 0.15) is 4.88 Å². The van der Waals surface area contributed by atoms with Crippen molar-refractivity contribution in [2.24, 2.45) is 5.14 Å². The average Bonchev–Trinajstić information content (AvgIpc) is 3.04. The Hall–Kier alpha value is -1.94. The summed E-state index contributed by atoms with van der Waals surface area (Å²) >= 11 is 1.57. The number of primary sulfonamides is 1. The number of nitrogens with two attached hydrogens (primary N) is 1. The molecule has 0 saturated carbocycles. The molecule has 2 rings (SSSR count). The number of urea groups is 1. The number of thiophene rings is 1.